The molecule has 0 unspecified atom stereocenters. The first-order valence-corrected chi connectivity index (χ1v) is 6.45. The molecule has 0 bridgehead atoms. The van der Waals surface area contributed by atoms with Crippen LogP contribution in [-0.4, -0.2) is 59.6 Å². The normalized spacial score (nSPS) is 14.8. The van der Waals surface area contributed by atoms with Gasteiger partial charge in [-0.25, -0.2) is 4.79 Å². The molecule has 0 aliphatic carbocycles. The number of amides is 2. The minimum atomic E-state index is -0.366. The van der Waals surface area contributed by atoms with Crippen molar-refractivity contribution in [2.75, 3.05) is 32.8 Å². The molecule has 2 amide bonds. The summed E-state index contributed by atoms with van der Waals surface area (Å²) in [5.74, 6) is -0.107. The molecule has 1 saturated heterocycles. The van der Waals surface area contributed by atoms with Gasteiger partial charge in [-0.3, -0.25) is 9.78 Å². The molecule has 1 fully saturated rings. The highest BCUT2D eigenvalue weighted by molar-refractivity contribution is 5.92. The molecule has 6 heteroatoms. The van der Waals surface area contributed by atoms with Crippen LogP contribution >= 0.6 is 0 Å². The van der Waals surface area contributed by atoms with E-state index in [1.165, 1.54) is 6.08 Å². The zero-order valence-electron chi connectivity index (χ0n) is 11.2. The predicted molar refractivity (Wildman–Crippen MR) is 73.3 cm³/mol. The van der Waals surface area contributed by atoms with Gasteiger partial charge in [-0.2, -0.15) is 0 Å². The zero-order valence-corrected chi connectivity index (χ0v) is 11.2. The molecule has 2 rings (SSSR count). The maximum absolute atomic E-state index is 12.2. The van der Waals surface area contributed by atoms with Crippen LogP contribution in [0.4, 0.5) is 4.79 Å². The van der Waals surface area contributed by atoms with Crippen LogP contribution in [0.25, 0.3) is 0 Å². The molecule has 1 aliphatic heterocycles. The van der Waals surface area contributed by atoms with Crippen LogP contribution in [0.1, 0.15) is 10.5 Å². The molecule has 0 radical (unpaired) electrons. The maximum atomic E-state index is 12.2. The molecule has 106 valence electrons. The van der Waals surface area contributed by atoms with E-state index in [1.54, 1.807) is 34.2 Å². The topological polar surface area (TPSA) is 62.7 Å². The summed E-state index contributed by atoms with van der Waals surface area (Å²) in [4.78, 5) is 31.1. The Bertz CT molecular complexity index is 482. The molecule has 1 aromatic heterocycles. The van der Waals surface area contributed by atoms with Crippen LogP contribution < -0.4 is 0 Å². The molecule has 0 aromatic carbocycles. The fourth-order valence-electron chi connectivity index (χ4n) is 1.96. The summed E-state index contributed by atoms with van der Waals surface area (Å²) in [6.07, 6.45) is 2.75. The summed E-state index contributed by atoms with van der Waals surface area (Å²) in [6, 6.07) is 5.24. The summed E-state index contributed by atoms with van der Waals surface area (Å²) in [5, 5.41) is 0. The molecule has 1 aromatic rings. The van der Waals surface area contributed by atoms with Crippen LogP contribution in [0, 0.1) is 0 Å². The number of nitrogens with zero attached hydrogens (tertiary/aromatic N) is 3. The third-order valence-corrected chi connectivity index (χ3v) is 3.03. The van der Waals surface area contributed by atoms with Crippen molar-refractivity contribution in [3.05, 3.63) is 42.7 Å². The monoisotopic (exact) mass is 275 g/mol. The standard InChI is InChI=1S/C14H17N3O3/c1-2-11-20-14(19)17-9-7-16(8-10-17)13(18)12-5-3-4-6-15-12/h2-6H,1,7-11H2. The Labute approximate surface area is 117 Å². The Hall–Kier alpha value is -2.37. The van der Waals surface area contributed by atoms with Gasteiger partial charge < -0.3 is 14.5 Å². The Morgan fingerprint density at radius 1 is 1.25 bits per heavy atom. The molecular formula is C14H17N3O3. The number of pyridine rings is 1. The van der Waals surface area contributed by atoms with Crippen LogP contribution in [0.3, 0.4) is 0 Å². The quantitative estimate of drug-likeness (QED) is 0.777. The van der Waals surface area contributed by atoms with E-state index in [0.717, 1.165) is 0 Å². The van der Waals surface area contributed by atoms with E-state index in [9.17, 15) is 9.59 Å². The minimum Gasteiger partial charge on any atom is -0.445 e. The Balaban J connectivity index is 1.86. The van der Waals surface area contributed by atoms with Gasteiger partial charge in [0.1, 0.15) is 12.3 Å². The van der Waals surface area contributed by atoms with Crippen molar-refractivity contribution in [1.82, 2.24) is 14.8 Å². The average Bonchev–Trinajstić information content (AvgIpc) is 2.53. The summed E-state index contributed by atoms with van der Waals surface area (Å²) >= 11 is 0. The van der Waals surface area contributed by atoms with Crippen molar-refractivity contribution in [1.29, 1.82) is 0 Å². The van der Waals surface area contributed by atoms with Gasteiger partial charge >= 0.3 is 6.09 Å². The molecule has 0 N–H and O–H groups in total. The van der Waals surface area contributed by atoms with Gasteiger partial charge in [0.15, 0.2) is 0 Å². The summed E-state index contributed by atoms with van der Waals surface area (Å²) in [7, 11) is 0. The number of carbonyl (C=O) groups is 2. The third kappa shape index (κ3) is 3.34. The first-order valence-electron chi connectivity index (χ1n) is 6.45. The number of hydrogen-bond donors (Lipinski definition) is 0. The van der Waals surface area contributed by atoms with Gasteiger partial charge in [-0.15, -0.1) is 0 Å². The van der Waals surface area contributed by atoms with Crippen molar-refractivity contribution in [2.45, 2.75) is 0 Å². The second-order valence-electron chi connectivity index (χ2n) is 4.36. The fourth-order valence-corrected chi connectivity index (χ4v) is 1.96. The number of aromatic nitrogens is 1. The van der Waals surface area contributed by atoms with E-state index in [0.29, 0.717) is 31.9 Å². The Morgan fingerprint density at radius 3 is 2.55 bits per heavy atom. The Kier molecular flexibility index (Phi) is 4.70. The average molecular weight is 275 g/mol. The number of piperazine rings is 1. The van der Waals surface area contributed by atoms with Crippen molar-refractivity contribution >= 4 is 12.0 Å². The van der Waals surface area contributed by atoms with E-state index >= 15 is 0 Å². The molecule has 20 heavy (non-hydrogen) atoms. The van der Waals surface area contributed by atoms with E-state index in [-0.39, 0.29) is 18.6 Å². The van der Waals surface area contributed by atoms with Crippen molar-refractivity contribution in [3.8, 4) is 0 Å². The van der Waals surface area contributed by atoms with E-state index < -0.39 is 0 Å². The molecule has 0 spiro atoms. The van der Waals surface area contributed by atoms with Crippen molar-refractivity contribution in [3.63, 3.8) is 0 Å². The first-order chi connectivity index (χ1) is 9.72. The van der Waals surface area contributed by atoms with Gasteiger partial charge in [-0.05, 0) is 12.1 Å². The van der Waals surface area contributed by atoms with Gasteiger partial charge in [-0.1, -0.05) is 18.7 Å². The predicted octanol–water partition coefficient (Wildman–Crippen LogP) is 1.16. The van der Waals surface area contributed by atoms with E-state index in [4.69, 9.17) is 4.74 Å². The first kappa shape index (κ1) is 14.0. The summed E-state index contributed by atoms with van der Waals surface area (Å²) < 4.78 is 4.96. The number of hydrogen-bond acceptors (Lipinski definition) is 4. The lowest BCUT2D eigenvalue weighted by Gasteiger charge is -2.33. The smallest absolute Gasteiger partial charge is 0.410 e. The Morgan fingerprint density at radius 2 is 1.95 bits per heavy atom. The van der Waals surface area contributed by atoms with Crippen LogP contribution in [0.2, 0.25) is 0 Å². The van der Waals surface area contributed by atoms with E-state index in [2.05, 4.69) is 11.6 Å². The lowest BCUT2D eigenvalue weighted by Crippen LogP contribution is -2.50. The van der Waals surface area contributed by atoms with Crippen LogP contribution in [0.5, 0.6) is 0 Å². The summed E-state index contributed by atoms with van der Waals surface area (Å²) in [6.45, 7) is 5.59. The van der Waals surface area contributed by atoms with E-state index in [1.807, 2.05) is 0 Å². The summed E-state index contributed by atoms with van der Waals surface area (Å²) in [5.41, 5.74) is 0.426. The lowest BCUT2D eigenvalue weighted by atomic mass is 10.2. The molecule has 0 atom stereocenters. The SMILES string of the molecule is C=CCOC(=O)N1CCN(C(=O)c2ccccn2)CC1. The second kappa shape index (κ2) is 6.70. The highest BCUT2D eigenvalue weighted by Gasteiger charge is 2.25. The van der Waals surface area contributed by atoms with Crippen molar-refractivity contribution < 1.29 is 14.3 Å². The fraction of sp³-hybridized carbons (Fsp3) is 0.357. The third-order valence-electron chi connectivity index (χ3n) is 3.03. The highest BCUT2D eigenvalue weighted by Crippen LogP contribution is 2.08. The van der Waals surface area contributed by atoms with Gasteiger partial charge in [0.2, 0.25) is 0 Å². The van der Waals surface area contributed by atoms with Gasteiger partial charge in [0.25, 0.3) is 5.91 Å². The van der Waals surface area contributed by atoms with Gasteiger partial charge in [0, 0.05) is 32.4 Å². The second-order valence-corrected chi connectivity index (χ2v) is 4.36. The molecule has 2 heterocycles. The highest BCUT2D eigenvalue weighted by atomic mass is 16.6. The van der Waals surface area contributed by atoms with Crippen molar-refractivity contribution in [2.24, 2.45) is 0 Å². The largest absolute Gasteiger partial charge is 0.445 e. The number of ether oxygens (including phenoxy) is 1. The molecule has 0 saturated carbocycles. The van der Waals surface area contributed by atoms with Crippen LogP contribution in [0.15, 0.2) is 37.1 Å². The molecule has 6 nitrogen and oxygen atoms in total. The number of carbonyl (C=O) groups excluding carboxylic acids is 2. The molecular weight excluding hydrogens is 258 g/mol. The number of rotatable bonds is 3. The minimum absolute atomic E-state index is 0.107. The molecule has 1 aliphatic rings. The lowest BCUT2D eigenvalue weighted by molar-refractivity contribution is 0.0576. The van der Waals surface area contributed by atoms with Gasteiger partial charge in [0.05, 0.1) is 0 Å². The van der Waals surface area contributed by atoms with Crippen LogP contribution in [-0.2, 0) is 4.74 Å². The maximum Gasteiger partial charge on any atom is 0.410 e. The zero-order chi connectivity index (χ0) is 14.4.